The minimum atomic E-state index is 0.0516. The second-order valence-corrected chi connectivity index (χ2v) is 4.54. The van der Waals surface area contributed by atoms with Crippen molar-refractivity contribution in [3.8, 4) is 5.75 Å². The van der Waals surface area contributed by atoms with Gasteiger partial charge in [-0.25, -0.2) is 0 Å². The summed E-state index contributed by atoms with van der Waals surface area (Å²) in [6, 6.07) is 5.59. The maximum Gasteiger partial charge on any atom is 0.228 e. The predicted molar refractivity (Wildman–Crippen MR) is 72.6 cm³/mol. The van der Waals surface area contributed by atoms with Gasteiger partial charge in [-0.15, -0.1) is 0 Å². The van der Waals surface area contributed by atoms with Crippen LogP contribution in [-0.2, 0) is 4.79 Å². The normalized spacial score (nSPS) is 10.1. The van der Waals surface area contributed by atoms with Crippen LogP contribution in [0, 0.1) is 0 Å². The van der Waals surface area contributed by atoms with Crippen LogP contribution in [0.3, 0.4) is 0 Å². The molecule has 1 amide bonds. The Morgan fingerprint density at radius 2 is 2.24 bits per heavy atom. The summed E-state index contributed by atoms with van der Waals surface area (Å²) < 4.78 is 6.16. The number of anilines is 1. The summed E-state index contributed by atoms with van der Waals surface area (Å²) in [5.74, 6) is 0.740. The molecule has 0 unspecified atom stereocenters. The minimum Gasteiger partial charge on any atom is -0.495 e. The van der Waals surface area contributed by atoms with Gasteiger partial charge in [0.05, 0.1) is 12.8 Å². The van der Waals surface area contributed by atoms with Crippen molar-refractivity contribution < 1.29 is 9.53 Å². The Bertz CT molecular complexity index is 396. The fourth-order valence-corrected chi connectivity index (χ4v) is 1.81. The molecule has 0 radical (unpaired) electrons. The van der Waals surface area contributed by atoms with Gasteiger partial charge in [0.2, 0.25) is 5.91 Å². The van der Waals surface area contributed by atoms with Crippen molar-refractivity contribution in [3.05, 3.63) is 22.7 Å². The SMILES string of the molecule is CNCCC(=O)N(C)c1cc(Br)ccc1OC. The molecule has 0 fully saturated rings. The minimum absolute atomic E-state index is 0.0516. The summed E-state index contributed by atoms with van der Waals surface area (Å²) in [5, 5.41) is 2.96. The van der Waals surface area contributed by atoms with Gasteiger partial charge in [-0.2, -0.15) is 0 Å². The van der Waals surface area contributed by atoms with Crippen LogP contribution in [0.4, 0.5) is 5.69 Å². The molecule has 0 heterocycles. The van der Waals surface area contributed by atoms with Crippen molar-refractivity contribution in [2.75, 3.05) is 32.6 Å². The maximum absolute atomic E-state index is 11.9. The van der Waals surface area contributed by atoms with E-state index in [0.29, 0.717) is 18.7 Å². The maximum atomic E-state index is 11.9. The molecule has 0 bridgehead atoms. The monoisotopic (exact) mass is 300 g/mol. The number of nitrogens with zero attached hydrogens (tertiary/aromatic N) is 1. The van der Waals surface area contributed by atoms with Crippen molar-refractivity contribution >= 4 is 27.5 Å². The smallest absolute Gasteiger partial charge is 0.228 e. The highest BCUT2D eigenvalue weighted by atomic mass is 79.9. The molecule has 0 aliphatic heterocycles. The van der Waals surface area contributed by atoms with E-state index in [0.717, 1.165) is 10.2 Å². The average molecular weight is 301 g/mol. The molecular weight excluding hydrogens is 284 g/mol. The topological polar surface area (TPSA) is 41.6 Å². The van der Waals surface area contributed by atoms with Crippen LogP contribution in [-0.4, -0.2) is 33.7 Å². The molecule has 0 aliphatic rings. The molecule has 0 aromatic heterocycles. The summed E-state index contributed by atoms with van der Waals surface area (Å²) >= 11 is 3.39. The Hall–Kier alpha value is -1.07. The highest BCUT2D eigenvalue weighted by Gasteiger charge is 2.14. The zero-order valence-corrected chi connectivity index (χ0v) is 11.9. The third-order valence-electron chi connectivity index (χ3n) is 2.47. The lowest BCUT2D eigenvalue weighted by molar-refractivity contribution is -0.118. The number of nitrogens with one attached hydrogen (secondary N) is 1. The Morgan fingerprint density at radius 3 is 2.82 bits per heavy atom. The number of benzene rings is 1. The molecule has 1 rings (SSSR count). The van der Waals surface area contributed by atoms with Gasteiger partial charge in [-0.3, -0.25) is 4.79 Å². The molecule has 1 aromatic rings. The third-order valence-corrected chi connectivity index (χ3v) is 2.96. The fraction of sp³-hybridized carbons (Fsp3) is 0.417. The Kier molecular flexibility index (Phi) is 5.44. The van der Waals surface area contributed by atoms with E-state index in [2.05, 4.69) is 21.2 Å². The number of hydrogen-bond acceptors (Lipinski definition) is 3. The quantitative estimate of drug-likeness (QED) is 0.905. The number of rotatable bonds is 5. The van der Waals surface area contributed by atoms with E-state index in [4.69, 9.17) is 4.74 Å². The first-order valence-corrected chi connectivity index (χ1v) is 6.14. The van der Waals surface area contributed by atoms with E-state index in [9.17, 15) is 4.79 Å². The van der Waals surface area contributed by atoms with Crippen LogP contribution in [0.5, 0.6) is 5.75 Å². The van der Waals surface area contributed by atoms with Crippen LogP contribution in [0.1, 0.15) is 6.42 Å². The molecular formula is C12H17BrN2O2. The van der Waals surface area contributed by atoms with Crippen LogP contribution < -0.4 is 15.0 Å². The Labute approximate surface area is 110 Å². The average Bonchev–Trinajstić information content (AvgIpc) is 2.34. The molecule has 5 heteroatoms. The summed E-state index contributed by atoms with van der Waals surface area (Å²) in [5.41, 5.74) is 0.767. The van der Waals surface area contributed by atoms with Crippen molar-refractivity contribution in [1.29, 1.82) is 0 Å². The van der Waals surface area contributed by atoms with Gasteiger partial charge in [0.1, 0.15) is 5.75 Å². The first-order valence-electron chi connectivity index (χ1n) is 5.35. The molecule has 0 saturated heterocycles. The predicted octanol–water partition coefficient (Wildman–Crippen LogP) is 2.03. The van der Waals surface area contributed by atoms with E-state index in [-0.39, 0.29) is 5.91 Å². The summed E-state index contributed by atoms with van der Waals surface area (Å²) in [7, 11) is 5.17. The number of amides is 1. The number of ether oxygens (including phenoxy) is 1. The lowest BCUT2D eigenvalue weighted by Gasteiger charge is -2.20. The molecule has 0 aliphatic carbocycles. The number of methoxy groups -OCH3 is 1. The van der Waals surface area contributed by atoms with Crippen LogP contribution in [0.25, 0.3) is 0 Å². The van der Waals surface area contributed by atoms with Crippen molar-refractivity contribution in [2.45, 2.75) is 6.42 Å². The molecule has 0 atom stereocenters. The van der Waals surface area contributed by atoms with Gasteiger partial charge in [0.15, 0.2) is 0 Å². The van der Waals surface area contributed by atoms with Crippen molar-refractivity contribution in [3.63, 3.8) is 0 Å². The number of carbonyl (C=O) groups is 1. The molecule has 1 N–H and O–H groups in total. The summed E-state index contributed by atoms with van der Waals surface area (Å²) in [6.45, 7) is 0.666. The lowest BCUT2D eigenvalue weighted by atomic mass is 10.2. The zero-order valence-electron chi connectivity index (χ0n) is 10.3. The van der Waals surface area contributed by atoms with Crippen LogP contribution in [0.2, 0.25) is 0 Å². The van der Waals surface area contributed by atoms with Crippen LogP contribution >= 0.6 is 15.9 Å². The molecule has 94 valence electrons. The third kappa shape index (κ3) is 3.71. The van der Waals surface area contributed by atoms with Gasteiger partial charge < -0.3 is 15.0 Å². The standard InChI is InChI=1S/C12H17BrN2O2/c1-14-7-6-12(16)15(2)10-8-9(13)4-5-11(10)17-3/h4-5,8,14H,6-7H2,1-3H3. The second-order valence-electron chi connectivity index (χ2n) is 3.62. The highest BCUT2D eigenvalue weighted by Crippen LogP contribution is 2.30. The van der Waals surface area contributed by atoms with Crippen molar-refractivity contribution in [1.82, 2.24) is 5.32 Å². The van der Waals surface area contributed by atoms with Gasteiger partial charge in [0.25, 0.3) is 0 Å². The molecule has 0 saturated carbocycles. The second kappa shape index (κ2) is 6.61. The zero-order chi connectivity index (χ0) is 12.8. The lowest BCUT2D eigenvalue weighted by Crippen LogP contribution is -2.29. The van der Waals surface area contributed by atoms with E-state index < -0.39 is 0 Å². The Morgan fingerprint density at radius 1 is 1.53 bits per heavy atom. The Balaban J connectivity index is 2.90. The molecule has 1 aromatic carbocycles. The van der Waals surface area contributed by atoms with Crippen molar-refractivity contribution in [2.24, 2.45) is 0 Å². The molecule has 4 nitrogen and oxygen atoms in total. The van der Waals surface area contributed by atoms with Crippen LogP contribution in [0.15, 0.2) is 22.7 Å². The van der Waals surface area contributed by atoms with E-state index in [1.165, 1.54) is 0 Å². The number of halogens is 1. The first kappa shape index (κ1) is 14.0. The van der Waals surface area contributed by atoms with Gasteiger partial charge in [-0.1, -0.05) is 15.9 Å². The number of carbonyl (C=O) groups excluding carboxylic acids is 1. The van der Waals surface area contributed by atoms with E-state index >= 15 is 0 Å². The molecule has 17 heavy (non-hydrogen) atoms. The summed E-state index contributed by atoms with van der Waals surface area (Å²) in [4.78, 5) is 13.5. The van der Waals surface area contributed by atoms with E-state index in [1.54, 1.807) is 19.1 Å². The highest BCUT2D eigenvalue weighted by molar-refractivity contribution is 9.10. The van der Waals surface area contributed by atoms with Gasteiger partial charge in [-0.05, 0) is 25.2 Å². The largest absolute Gasteiger partial charge is 0.495 e. The van der Waals surface area contributed by atoms with Gasteiger partial charge in [0, 0.05) is 24.5 Å². The summed E-state index contributed by atoms with van der Waals surface area (Å²) in [6.07, 6.45) is 0.461. The molecule has 0 spiro atoms. The number of hydrogen-bond donors (Lipinski definition) is 1. The fourth-order valence-electron chi connectivity index (χ4n) is 1.46. The van der Waals surface area contributed by atoms with Gasteiger partial charge >= 0.3 is 0 Å². The van der Waals surface area contributed by atoms with E-state index in [1.807, 2.05) is 25.2 Å². The first-order chi connectivity index (χ1) is 8.10.